The minimum atomic E-state index is -0.170. The molecule has 7 heteroatoms. The molecule has 1 aromatic rings. The number of thioether (sulfide) groups is 1. The molecule has 0 unspecified atom stereocenters. The van der Waals surface area contributed by atoms with Gasteiger partial charge in [0.2, 0.25) is 6.79 Å². The number of fused-ring (bicyclic) bond motifs is 1. The van der Waals surface area contributed by atoms with E-state index in [1.54, 1.807) is 0 Å². The van der Waals surface area contributed by atoms with Crippen LogP contribution in [0.3, 0.4) is 0 Å². The Morgan fingerprint density at radius 3 is 2.91 bits per heavy atom. The second kappa shape index (κ2) is 5.66. The maximum atomic E-state index is 12.1. The van der Waals surface area contributed by atoms with E-state index in [9.17, 15) is 4.79 Å². The largest absolute Gasteiger partial charge is 0.454 e. The molecule has 0 bridgehead atoms. The Bertz CT molecular complexity index is 681. The Kier molecular flexibility index (Phi) is 3.51. The number of nitrogens with zero attached hydrogens (tertiary/aromatic N) is 2. The first-order valence-corrected chi connectivity index (χ1v) is 7.99. The number of aliphatic imine (C=N–C) groups is 1. The molecule has 3 aliphatic heterocycles. The summed E-state index contributed by atoms with van der Waals surface area (Å²) in [6.07, 6.45) is 1.85. The van der Waals surface area contributed by atoms with Gasteiger partial charge in [0.15, 0.2) is 16.7 Å². The summed E-state index contributed by atoms with van der Waals surface area (Å²) in [5.41, 5.74) is 0.914. The molecule has 4 rings (SSSR count). The van der Waals surface area contributed by atoms with E-state index in [4.69, 9.17) is 9.47 Å². The van der Waals surface area contributed by atoms with Crippen molar-refractivity contribution in [3.05, 3.63) is 28.7 Å². The predicted molar refractivity (Wildman–Crippen MR) is 85.0 cm³/mol. The molecule has 1 fully saturated rings. The van der Waals surface area contributed by atoms with Gasteiger partial charge in [0.05, 0.1) is 4.91 Å². The number of benzene rings is 1. The minimum absolute atomic E-state index is 0.170. The highest BCUT2D eigenvalue weighted by molar-refractivity contribution is 8.18. The Morgan fingerprint density at radius 1 is 1.23 bits per heavy atom. The molecule has 1 saturated heterocycles. The summed E-state index contributed by atoms with van der Waals surface area (Å²) in [5.74, 6) is 1.29. The summed E-state index contributed by atoms with van der Waals surface area (Å²) in [4.78, 5) is 19.1. The van der Waals surface area contributed by atoms with Crippen LogP contribution in [0.4, 0.5) is 0 Å². The van der Waals surface area contributed by atoms with Crippen molar-refractivity contribution in [2.24, 2.45) is 4.99 Å². The lowest BCUT2D eigenvalue weighted by molar-refractivity contribution is -0.113. The lowest BCUT2D eigenvalue weighted by Gasteiger charge is -2.27. The fourth-order valence-electron chi connectivity index (χ4n) is 2.54. The third-order valence-electron chi connectivity index (χ3n) is 3.69. The number of hydrogen-bond donors (Lipinski definition) is 1. The van der Waals surface area contributed by atoms with E-state index in [0.29, 0.717) is 10.7 Å². The van der Waals surface area contributed by atoms with Gasteiger partial charge in [0.25, 0.3) is 5.91 Å². The number of carbonyl (C=O) groups excluding carboxylic acids is 1. The minimum Gasteiger partial charge on any atom is -0.454 e. The fourth-order valence-corrected chi connectivity index (χ4v) is 3.51. The van der Waals surface area contributed by atoms with Crippen molar-refractivity contribution in [2.45, 2.75) is 0 Å². The van der Waals surface area contributed by atoms with Crippen LogP contribution in [-0.2, 0) is 4.79 Å². The van der Waals surface area contributed by atoms with E-state index in [1.165, 1.54) is 11.8 Å². The van der Waals surface area contributed by atoms with Gasteiger partial charge in [-0.1, -0.05) is 6.07 Å². The molecular weight excluding hydrogens is 302 g/mol. The average molecular weight is 317 g/mol. The number of piperazine rings is 1. The van der Waals surface area contributed by atoms with Crippen molar-refractivity contribution >= 4 is 28.9 Å². The number of rotatable bonds is 1. The number of nitrogens with one attached hydrogen (secondary N) is 1. The van der Waals surface area contributed by atoms with Crippen LogP contribution >= 0.6 is 11.8 Å². The molecule has 0 spiro atoms. The van der Waals surface area contributed by atoms with Crippen LogP contribution in [0.2, 0.25) is 0 Å². The van der Waals surface area contributed by atoms with E-state index in [-0.39, 0.29) is 12.7 Å². The molecule has 1 amide bonds. The highest BCUT2D eigenvalue weighted by Gasteiger charge is 2.27. The second-order valence-electron chi connectivity index (χ2n) is 5.16. The summed E-state index contributed by atoms with van der Waals surface area (Å²) in [6.45, 7) is 3.87. The number of hydrogen-bond acceptors (Lipinski definition) is 6. The van der Waals surface area contributed by atoms with Crippen LogP contribution in [0.15, 0.2) is 28.1 Å². The van der Waals surface area contributed by atoms with Gasteiger partial charge >= 0.3 is 0 Å². The quantitative estimate of drug-likeness (QED) is 0.788. The fraction of sp³-hybridized carbons (Fsp3) is 0.333. The number of carbonyl (C=O) groups is 1. The normalized spacial score (nSPS) is 22.4. The van der Waals surface area contributed by atoms with Gasteiger partial charge in [0.1, 0.15) is 0 Å². The summed E-state index contributed by atoms with van der Waals surface area (Å²) in [7, 11) is 0. The first-order valence-electron chi connectivity index (χ1n) is 7.17. The Morgan fingerprint density at radius 2 is 2.05 bits per heavy atom. The van der Waals surface area contributed by atoms with Gasteiger partial charge in [-0.3, -0.25) is 4.79 Å². The maximum absolute atomic E-state index is 12.1. The zero-order valence-corrected chi connectivity index (χ0v) is 12.7. The Balaban J connectivity index is 1.53. The first-order chi connectivity index (χ1) is 10.8. The molecule has 0 atom stereocenters. The topological polar surface area (TPSA) is 63.2 Å². The molecular formula is C15H15N3O3S. The SMILES string of the molecule is O=C1N=C(N2CCNCC2)S/C1=C/c1ccc2c(c1)OCO2. The molecule has 0 aromatic heterocycles. The smallest absolute Gasteiger partial charge is 0.286 e. The van der Waals surface area contributed by atoms with Gasteiger partial charge in [-0.15, -0.1) is 0 Å². The zero-order valence-electron chi connectivity index (χ0n) is 11.9. The van der Waals surface area contributed by atoms with Crippen LogP contribution in [0.25, 0.3) is 6.08 Å². The zero-order chi connectivity index (χ0) is 14.9. The second-order valence-corrected chi connectivity index (χ2v) is 6.17. The van der Waals surface area contributed by atoms with Crippen LogP contribution in [0.1, 0.15) is 5.56 Å². The summed E-state index contributed by atoms with van der Waals surface area (Å²) >= 11 is 1.44. The summed E-state index contributed by atoms with van der Waals surface area (Å²) in [6, 6.07) is 5.65. The van der Waals surface area contributed by atoms with E-state index >= 15 is 0 Å². The van der Waals surface area contributed by atoms with Crippen molar-refractivity contribution in [3.8, 4) is 11.5 Å². The van der Waals surface area contributed by atoms with Crippen LogP contribution < -0.4 is 14.8 Å². The predicted octanol–water partition coefficient (Wildman–Crippen LogP) is 1.29. The number of amidine groups is 1. The molecule has 1 aromatic carbocycles. The highest BCUT2D eigenvalue weighted by atomic mass is 32.2. The molecule has 114 valence electrons. The summed E-state index contributed by atoms with van der Waals surface area (Å²) in [5, 5.41) is 4.10. The van der Waals surface area contributed by atoms with E-state index < -0.39 is 0 Å². The highest BCUT2D eigenvalue weighted by Crippen LogP contribution is 2.35. The number of ether oxygens (including phenoxy) is 2. The third kappa shape index (κ3) is 2.57. The maximum Gasteiger partial charge on any atom is 0.286 e. The van der Waals surface area contributed by atoms with E-state index in [1.807, 2.05) is 24.3 Å². The molecule has 0 radical (unpaired) electrons. The van der Waals surface area contributed by atoms with E-state index in [2.05, 4.69) is 15.2 Å². The molecule has 3 aliphatic rings. The summed E-state index contributed by atoms with van der Waals surface area (Å²) < 4.78 is 10.7. The molecule has 0 saturated carbocycles. The monoisotopic (exact) mass is 317 g/mol. The van der Waals surface area contributed by atoms with Crippen molar-refractivity contribution in [1.82, 2.24) is 10.2 Å². The Labute approximate surface area is 132 Å². The molecule has 3 heterocycles. The molecule has 1 N–H and O–H groups in total. The van der Waals surface area contributed by atoms with Gasteiger partial charge in [-0.25, -0.2) is 0 Å². The van der Waals surface area contributed by atoms with E-state index in [0.717, 1.165) is 42.7 Å². The van der Waals surface area contributed by atoms with Crippen LogP contribution in [0.5, 0.6) is 11.5 Å². The van der Waals surface area contributed by atoms with Gasteiger partial charge in [-0.2, -0.15) is 4.99 Å². The average Bonchev–Trinajstić information content (AvgIpc) is 3.15. The van der Waals surface area contributed by atoms with Gasteiger partial charge in [0, 0.05) is 26.2 Å². The van der Waals surface area contributed by atoms with Gasteiger partial charge < -0.3 is 19.7 Å². The number of amides is 1. The van der Waals surface area contributed by atoms with Crippen molar-refractivity contribution in [1.29, 1.82) is 0 Å². The molecule has 22 heavy (non-hydrogen) atoms. The lowest BCUT2D eigenvalue weighted by Crippen LogP contribution is -2.45. The van der Waals surface area contributed by atoms with Crippen molar-refractivity contribution in [2.75, 3.05) is 33.0 Å². The van der Waals surface area contributed by atoms with Crippen molar-refractivity contribution in [3.63, 3.8) is 0 Å². The Hall–Kier alpha value is -1.99. The molecule has 6 nitrogen and oxygen atoms in total. The standard InChI is InChI=1S/C15H15N3O3S/c19-14-13(22-15(17-14)18-5-3-16-4-6-18)8-10-1-2-11-12(7-10)21-9-20-11/h1-2,7-8,16H,3-6,9H2/b13-8+. The van der Waals surface area contributed by atoms with Crippen LogP contribution in [0, 0.1) is 0 Å². The van der Waals surface area contributed by atoms with Crippen molar-refractivity contribution < 1.29 is 14.3 Å². The first kappa shape index (κ1) is 13.7. The third-order valence-corrected chi connectivity index (χ3v) is 4.74. The van der Waals surface area contributed by atoms with Crippen LogP contribution in [-0.4, -0.2) is 48.9 Å². The lowest BCUT2D eigenvalue weighted by atomic mass is 10.2. The van der Waals surface area contributed by atoms with Gasteiger partial charge in [-0.05, 0) is 35.5 Å². The molecule has 0 aliphatic carbocycles.